The topological polar surface area (TPSA) is 263 Å². The summed E-state index contributed by atoms with van der Waals surface area (Å²) in [6, 6.07) is 0. The van der Waals surface area contributed by atoms with Crippen molar-refractivity contribution in [1.82, 2.24) is 0 Å². The van der Waals surface area contributed by atoms with E-state index in [2.05, 4.69) is 214 Å². The molecule has 20 heteroatoms. The normalized spacial score (nSPS) is 11.4. The summed E-state index contributed by atoms with van der Waals surface area (Å²) in [7, 11) is 2.64. The third kappa shape index (κ3) is 120. The molecule has 0 heterocycles. The monoisotopic (exact) mass is 1830 g/mol. The summed E-state index contributed by atoms with van der Waals surface area (Å²) in [6.45, 7) is 90.5. The average Bonchev–Trinajstić information content (AvgIpc) is 0.946. The molecule has 0 saturated carbocycles. The molecule has 0 saturated heterocycles. The molecule has 0 radical (unpaired) electrons. The Morgan fingerprint density at radius 3 is 0.783 bits per heavy atom. The molecule has 0 aromatic rings. The molecule has 0 bridgehead atoms. The zero-order chi connectivity index (χ0) is 101. The number of carbonyl (C=O) groups excluding carboxylic acids is 10. The third-order valence-electron chi connectivity index (χ3n) is 19.9. The second kappa shape index (κ2) is 104. The van der Waals surface area contributed by atoms with Crippen molar-refractivity contribution in [1.29, 1.82) is 0 Å². The molecule has 0 rings (SSSR count). The van der Waals surface area contributed by atoms with Gasteiger partial charge in [-0.25, -0.2) is 47.9 Å². The minimum absolute atomic E-state index is 0.264. The maximum atomic E-state index is 11.3. The van der Waals surface area contributed by atoms with Crippen molar-refractivity contribution in [3.8, 4) is 0 Å². The molecular formula is C109H198O20. The number of hydrogen-bond acceptors (Lipinski definition) is 20. The van der Waals surface area contributed by atoms with Crippen molar-refractivity contribution in [2.45, 2.75) is 379 Å². The zero-order valence-corrected chi connectivity index (χ0v) is 87.8. The van der Waals surface area contributed by atoms with E-state index >= 15 is 0 Å². The number of carbonyl (C=O) groups is 10. The van der Waals surface area contributed by atoms with E-state index in [1.807, 2.05) is 0 Å². The molecule has 0 N–H and O–H groups in total. The van der Waals surface area contributed by atoms with Crippen LogP contribution in [0.1, 0.15) is 379 Å². The minimum Gasteiger partial charge on any atom is -0.466 e. The average molecular weight is 1830 g/mol. The molecular weight excluding hydrogens is 1630 g/mol. The van der Waals surface area contributed by atoms with Crippen molar-refractivity contribution in [2.24, 2.45) is 71.0 Å². The molecule has 20 nitrogen and oxygen atoms in total. The minimum atomic E-state index is -0.394. The van der Waals surface area contributed by atoms with E-state index < -0.39 is 5.97 Å². The second-order valence-electron chi connectivity index (χ2n) is 35.8. The summed E-state index contributed by atoms with van der Waals surface area (Å²) < 4.78 is 48.7. The van der Waals surface area contributed by atoms with Gasteiger partial charge in [-0.15, -0.1) is 0 Å². The Hall–Kier alpha value is -7.90. The van der Waals surface area contributed by atoms with Crippen molar-refractivity contribution >= 4 is 59.7 Å². The highest BCUT2D eigenvalue weighted by Crippen LogP contribution is 2.23. The quantitative estimate of drug-likeness (QED) is 0.0237. The number of unbranched alkanes of at least 4 members (excludes halogenated alkanes) is 14. The molecule has 0 aliphatic rings. The zero-order valence-electron chi connectivity index (χ0n) is 87.8. The lowest BCUT2D eigenvalue weighted by Crippen LogP contribution is -2.19. The molecule has 0 spiro atoms. The van der Waals surface area contributed by atoms with Gasteiger partial charge in [-0.2, -0.15) is 0 Å². The standard InChI is InChI=1S/2C14H26O2.2C13H24O2.2C12H22O2.2C11H20O2.C5H8O2.C4H6O2/c1-10(2)7-8-13(11(3)4)9-16-14(15)12(5)6;1-12(2)10-8-6-5-7-9-11-16-14(15)13(3)4;1-6-13(14)15-9-12(11(4)5)8-7-10(2)3;1-4-13(14)15-11-9-7-5-6-8-10-12(2)3;1-5-6-7-8-11(4)9-14-12(13)10(2)3;1-5-7-8-11(6-2)9-14-12(13)10(3)4;1-4-6-7-8-10(3)9-13-11(12)5-2;1-4-7-8-10(5-2)9-13-11(12)6-3;1-4(2)5(6)7-3;1-3-4(5)6-2/h10-11,13H,5,7-9H2,1-4,6H3;12H,3,5-11H2,1-2,4H3;6,10-12H,1,7-9H2,2-5H3;4,12H,1,5-11H2,2-3H3;11H,2,5-9H2,1,3-4H3;11H,3,5-9H2,1-2,4H3;5,10H,2,4,6-9H2,1,3H3;6,10H,3-5,7-9H2,1-2H3;1H2,2-3H3;3H,1H2,2H3. The van der Waals surface area contributed by atoms with Gasteiger partial charge in [-0.05, 0) is 157 Å². The van der Waals surface area contributed by atoms with Crippen molar-refractivity contribution in [3.63, 3.8) is 0 Å². The Kier molecular flexibility index (Phi) is 114. The van der Waals surface area contributed by atoms with Gasteiger partial charge >= 0.3 is 59.7 Å². The first kappa shape index (κ1) is 142. The summed E-state index contributed by atoms with van der Waals surface area (Å²) in [5, 5.41) is 0. The maximum absolute atomic E-state index is 11.3. The van der Waals surface area contributed by atoms with E-state index in [-0.39, 0.29) is 53.7 Å². The van der Waals surface area contributed by atoms with Gasteiger partial charge in [-0.3, -0.25) is 0 Å². The van der Waals surface area contributed by atoms with Gasteiger partial charge in [0, 0.05) is 58.2 Å². The van der Waals surface area contributed by atoms with Gasteiger partial charge in [0.25, 0.3) is 0 Å². The van der Waals surface area contributed by atoms with Gasteiger partial charge in [0.05, 0.1) is 67.1 Å². The van der Waals surface area contributed by atoms with Crippen LogP contribution in [-0.4, -0.2) is 127 Å². The van der Waals surface area contributed by atoms with Crippen LogP contribution in [0.3, 0.4) is 0 Å². The van der Waals surface area contributed by atoms with E-state index in [1.54, 1.807) is 34.6 Å². The SMILES string of the molecule is C=C(C)C(=O)OC.C=C(C)C(=O)OCC(C)CCCCC.C=C(C)C(=O)OCC(CC)CCCC.C=C(C)C(=O)OCC(CCC(C)C)C(C)C.C=C(C)C(=O)OCCCCCCCC(C)C.C=CC(=O)OC.C=CC(=O)OCC(C)CCCCC.C=CC(=O)OCC(CC)CCCC.C=CC(=O)OCC(CCC(C)C)C(C)C.C=CC(=O)OCCCCCCCC(C)C. The molecule has 0 fully saturated rings. The number of ether oxygens (including phenoxy) is 10. The smallest absolute Gasteiger partial charge is 0.333 e. The van der Waals surface area contributed by atoms with E-state index in [4.69, 9.17) is 37.9 Å². The van der Waals surface area contributed by atoms with E-state index in [0.29, 0.717) is 140 Å². The third-order valence-corrected chi connectivity index (χ3v) is 19.9. The predicted molar refractivity (Wildman–Crippen MR) is 540 cm³/mol. The van der Waals surface area contributed by atoms with Crippen LogP contribution in [0.15, 0.2) is 124 Å². The lowest BCUT2D eigenvalue weighted by molar-refractivity contribution is -0.141. The largest absolute Gasteiger partial charge is 0.466 e. The Balaban J connectivity index is -0.000000154. The van der Waals surface area contributed by atoms with Crippen LogP contribution in [0.25, 0.3) is 0 Å². The van der Waals surface area contributed by atoms with Crippen LogP contribution in [0.4, 0.5) is 0 Å². The summed E-state index contributed by atoms with van der Waals surface area (Å²) in [5.41, 5.74) is 2.35. The molecule has 0 aliphatic carbocycles. The van der Waals surface area contributed by atoms with E-state index in [0.717, 1.165) is 95.0 Å². The Labute approximate surface area is 791 Å². The molecule has 6 atom stereocenters. The lowest BCUT2D eigenvalue weighted by atomic mass is 9.89. The molecule has 0 aliphatic heterocycles. The van der Waals surface area contributed by atoms with Gasteiger partial charge in [0.2, 0.25) is 0 Å². The highest BCUT2D eigenvalue weighted by Gasteiger charge is 2.19. The fourth-order valence-corrected chi connectivity index (χ4v) is 10.7. The Morgan fingerprint density at radius 1 is 0.248 bits per heavy atom. The highest BCUT2D eigenvalue weighted by molar-refractivity contribution is 5.89. The van der Waals surface area contributed by atoms with E-state index in [1.165, 1.54) is 167 Å². The molecule has 0 amide bonds. The molecule has 754 valence electrons. The van der Waals surface area contributed by atoms with Gasteiger partial charge in [0.1, 0.15) is 0 Å². The van der Waals surface area contributed by atoms with Gasteiger partial charge < -0.3 is 47.4 Å². The first-order chi connectivity index (χ1) is 60.6. The number of hydrogen-bond donors (Lipinski definition) is 0. The van der Waals surface area contributed by atoms with Crippen LogP contribution >= 0.6 is 0 Å². The van der Waals surface area contributed by atoms with Crippen molar-refractivity contribution in [3.05, 3.63) is 124 Å². The van der Waals surface area contributed by atoms with Crippen LogP contribution < -0.4 is 0 Å². The molecule has 0 aromatic heterocycles. The van der Waals surface area contributed by atoms with Crippen LogP contribution in [0, 0.1) is 71.0 Å². The van der Waals surface area contributed by atoms with Gasteiger partial charge in [0.15, 0.2) is 0 Å². The van der Waals surface area contributed by atoms with Crippen LogP contribution in [-0.2, 0) is 95.3 Å². The van der Waals surface area contributed by atoms with E-state index in [9.17, 15) is 47.9 Å². The van der Waals surface area contributed by atoms with Crippen LogP contribution in [0.2, 0.25) is 0 Å². The van der Waals surface area contributed by atoms with Gasteiger partial charge in [-0.1, -0.05) is 358 Å². The highest BCUT2D eigenvalue weighted by atomic mass is 16.6. The van der Waals surface area contributed by atoms with Crippen LogP contribution in [0.5, 0.6) is 0 Å². The fourth-order valence-electron chi connectivity index (χ4n) is 10.7. The first-order valence-electron chi connectivity index (χ1n) is 48.6. The number of esters is 10. The Bertz CT molecular complexity index is 2890. The summed E-state index contributed by atoms with van der Waals surface area (Å²) in [5.74, 6) is 3.99. The number of methoxy groups -OCH3 is 2. The van der Waals surface area contributed by atoms with Crippen molar-refractivity contribution < 1.29 is 95.3 Å². The second-order valence-corrected chi connectivity index (χ2v) is 35.8. The maximum Gasteiger partial charge on any atom is 0.333 e. The first-order valence-corrected chi connectivity index (χ1v) is 48.6. The lowest BCUT2D eigenvalue weighted by Gasteiger charge is -2.21. The molecule has 0 aromatic carbocycles. The fraction of sp³-hybridized carbons (Fsp3) is 0.725. The molecule has 6 unspecified atom stereocenters. The van der Waals surface area contributed by atoms with Crippen molar-refractivity contribution in [2.75, 3.05) is 67.1 Å². The summed E-state index contributed by atoms with van der Waals surface area (Å²) in [4.78, 5) is 108. The predicted octanol–water partition coefficient (Wildman–Crippen LogP) is 28.6. The molecule has 129 heavy (non-hydrogen) atoms. The summed E-state index contributed by atoms with van der Waals surface area (Å²) in [6.07, 6.45) is 44.2. The number of rotatable bonds is 62. The Morgan fingerprint density at radius 2 is 0.504 bits per heavy atom. The summed E-state index contributed by atoms with van der Waals surface area (Å²) >= 11 is 0.